The summed E-state index contributed by atoms with van der Waals surface area (Å²) < 4.78 is 38.6. The highest BCUT2D eigenvalue weighted by Gasteiger charge is 2.31. The van der Waals surface area contributed by atoms with Crippen LogP contribution in [0.2, 0.25) is 5.02 Å². The summed E-state index contributed by atoms with van der Waals surface area (Å²) in [5.74, 6) is -0.360. The number of benzene rings is 2. The van der Waals surface area contributed by atoms with Crippen LogP contribution in [0, 0.1) is 0 Å². The van der Waals surface area contributed by atoms with Gasteiger partial charge in [0.05, 0.1) is 21.2 Å². The highest BCUT2D eigenvalue weighted by molar-refractivity contribution is 8.18. The molecular weight excluding hydrogens is 397 g/mol. The van der Waals surface area contributed by atoms with Crippen molar-refractivity contribution in [2.75, 3.05) is 0 Å². The summed E-state index contributed by atoms with van der Waals surface area (Å²) in [7, 11) is 0. The number of carbonyl (C=O) groups excluding carboxylic acids is 1. The van der Waals surface area contributed by atoms with Gasteiger partial charge in [0.25, 0.3) is 5.91 Å². The van der Waals surface area contributed by atoms with Crippen LogP contribution in [0.4, 0.5) is 18.9 Å². The molecule has 3 nitrogen and oxygen atoms in total. The molecule has 1 saturated heterocycles. The number of aliphatic imine (C=N–C) groups is 1. The number of nitrogens with zero attached hydrogens (tertiary/aromatic N) is 1. The van der Waals surface area contributed by atoms with E-state index in [1.807, 2.05) is 24.3 Å². The minimum atomic E-state index is -4.50. The SMILES string of the molecule is CCc1ccc(/C=C2\SC(=Nc3cc(C(F)(F)F)ccc3Cl)NC2=O)cc1. The van der Waals surface area contributed by atoms with Gasteiger partial charge in [-0.25, -0.2) is 4.99 Å². The molecule has 0 unspecified atom stereocenters. The van der Waals surface area contributed by atoms with E-state index in [0.717, 1.165) is 41.9 Å². The van der Waals surface area contributed by atoms with E-state index in [1.165, 1.54) is 5.56 Å². The maximum atomic E-state index is 12.9. The highest BCUT2D eigenvalue weighted by atomic mass is 35.5. The molecule has 3 rings (SSSR count). The number of hydrogen-bond donors (Lipinski definition) is 1. The van der Waals surface area contributed by atoms with Crippen LogP contribution in [0.5, 0.6) is 0 Å². The van der Waals surface area contributed by atoms with Crippen LogP contribution in [0.15, 0.2) is 52.4 Å². The van der Waals surface area contributed by atoms with Crippen molar-refractivity contribution in [3.63, 3.8) is 0 Å². The molecule has 1 heterocycles. The third kappa shape index (κ3) is 4.73. The predicted molar refractivity (Wildman–Crippen MR) is 103 cm³/mol. The molecule has 2 aromatic rings. The summed E-state index contributed by atoms with van der Waals surface area (Å²) >= 11 is 7.00. The van der Waals surface area contributed by atoms with Gasteiger partial charge in [-0.3, -0.25) is 4.79 Å². The molecule has 0 aromatic heterocycles. The second-order valence-electron chi connectivity index (χ2n) is 5.74. The second-order valence-corrected chi connectivity index (χ2v) is 7.18. The van der Waals surface area contributed by atoms with Crippen molar-refractivity contribution in [2.24, 2.45) is 4.99 Å². The van der Waals surface area contributed by atoms with E-state index in [0.29, 0.717) is 4.91 Å². The monoisotopic (exact) mass is 410 g/mol. The zero-order valence-corrected chi connectivity index (χ0v) is 15.7. The molecule has 8 heteroatoms. The number of aryl methyl sites for hydroxylation is 1. The summed E-state index contributed by atoms with van der Waals surface area (Å²) in [5, 5.41) is 2.79. The Bertz CT molecular complexity index is 937. The molecule has 1 amide bonds. The average Bonchev–Trinajstić information content (AvgIpc) is 2.96. The van der Waals surface area contributed by atoms with E-state index in [-0.39, 0.29) is 21.8 Å². The number of amides is 1. The summed E-state index contributed by atoms with van der Waals surface area (Å²) in [4.78, 5) is 16.6. The van der Waals surface area contributed by atoms with Gasteiger partial charge in [0, 0.05) is 0 Å². The van der Waals surface area contributed by atoms with Gasteiger partial charge in [-0.2, -0.15) is 13.2 Å². The minimum Gasteiger partial charge on any atom is -0.300 e. The molecule has 0 radical (unpaired) electrons. The van der Waals surface area contributed by atoms with Crippen LogP contribution in [-0.4, -0.2) is 11.1 Å². The first-order chi connectivity index (χ1) is 12.8. The van der Waals surface area contributed by atoms with Gasteiger partial charge in [-0.15, -0.1) is 0 Å². The number of amidine groups is 1. The molecule has 1 aliphatic rings. The number of hydrogen-bond acceptors (Lipinski definition) is 3. The maximum absolute atomic E-state index is 12.9. The van der Waals surface area contributed by atoms with E-state index in [9.17, 15) is 18.0 Å². The van der Waals surface area contributed by atoms with Crippen LogP contribution in [0.1, 0.15) is 23.6 Å². The Morgan fingerprint density at radius 1 is 1.19 bits per heavy atom. The molecule has 1 aliphatic heterocycles. The smallest absolute Gasteiger partial charge is 0.300 e. The Labute approximate surface area is 163 Å². The minimum absolute atomic E-state index is 0.0529. The van der Waals surface area contributed by atoms with Crippen molar-refractivity contribution in [1.29, 1.82) is 0 Å². The Hall–Kier alpha value is -2.25. The lowest BCUT2D eigenvalue weighted by atomic mass is 10.1. The van der Waals surface area contributed by atoms with Crippen molar-refractivity contribution >= 4 is 46.2 Å². The van der Waals surface area contributed by atoms with Crippen molar-refractivity contribution in [3.8, 4) is 0 Å². The Morgan fingerprint density at radius 3 is 2.52 bits per heavy atom. The maximum Gasteiger partial charge on any atom is 0.416 e. The van der Waals surface area contributed by atoms with Gasteiger partial charge in [0.15, 0.2) is 5.17 Å². The first kappa shape index (κ1) is 19.5. The van der Waals surface area contributed by atoms with Gasteiger partial charge in [0.2, 0.25) is 0 Å². The van der Waals surface area contributed by atoms with Crippen LogP contribution in [0.25, 0.3) is 6.08 Å². The third-order valence-corrected chi connectivity index (χ3v) is 5.06. The van der Waals surface area contributed by atoms with Crippen LogP contribution >= 0.6 is 23.4 Å². The second kappa shape index (κ2) is 7.78. The molecule has 1 N–H and O–H groups in total. The highest BCUT2D eigenvalue weighted by Crippen LogP contribution is 2.36. The largest absolute Gasteiger partial charge is 0.416 e. The average molecular weight is 411 g/mol. The molecule has 0 aliphatic carbocycles. The summed E-state index contributed by atoms with van der Waals surface area (Å²) in [5.41, 5.74) is 1.13. The summed E-state index contributed by atoms with van der Waals surface area (Å²) in [6.45, 7) is 2.05. The standard InChI is InChI=1S/C19H14ClF3N2OS/c1-2-11-3-5-12(6-4-11)9-16-17(26)25-18(27-16)24-15-10-13(19(21,22)23)7-8-14(15)20/h3-10H,2H2,1H3,(H,24,25,26)/b16-9-. The molecular formula is C19H14ClF3N2OS. The predicted octanol–water partition coefficient (Wildman–Crippen LogP) is 5.81. The number of carbonyl (C=O) groups is 1. The molecule has 0 spiro atoms. The molecule has 1 fully saturated rings. The fourth-order valence-corrected chi connectivity index (χ4v) is 3.36. The van der Waals surface area contributed by atoms with E-state index in [2.05, 4.69) is 17.2 Å². The Balaban J connectivity index is 1.85. The van der Waals surface area contributed by atoms with Gasteiger partial charge in [-0.1, -0.05) is 42.8 Å². The van der Waals surface area contributed by atoms with Crippen LogP contribution < -0.4 is 5.32 Å². The lowest BCUT2D eigenvalue weighted by Gasteiger charge is -2.08. The fourth-order valence-electron chi connectivity index (χ4n) is 2.37. The van der Waals surface area contributed by atoms with Crippen molar-refractivity contribution in [1.82, 2.24) is 5.32 Å². The summed E-state index contributed by atoms with van der Waals surface area (Å²) in [6, 6.07) is 10.6. The van der Waals surface area contributed by atoms with Gasteiger partial charge < -0.3 is 5.32 Å². The zero-order chi connectivity index (χ0) is 19.6. The van der Waals surface area contributed by atoms with Crippen LogP contribution in [-0.2, 0) is 17.4 Å². The molecule has 140 valence electrons. The van der Waals surface area contributed by atoms with Crippen molar-refractivity contribution in [2.45, 2.75) is 19.5 Å². The molecule has 2 aromatic carbocycles. The first-order valence-corrected chi connectivity index (χ1v) is 9.21. The molecule has 0 bridgehead atoms. The Kier molecular flexibility index (Phi) is 5.62. The van der Waals surface area contributed by atoms with Crippen LogP contribution in [0.3, 0.4) is 0 Å². The Morgan fingerprint density at radius 2 is 1.89 bits per heavy atom. The number of halogens is 4. The lowest BCUT2D eigenvalue weighted by Crippen LogP contribution is -2.19. The van der Waals surface area contributed by atoms with E-state index in [4.69, 9.17) is 11.6 Å². The van der Waals surface area contributed by atoms with Crippen molar-refractivity contribution in [3.05, 3.63) is 69.1 Å². The number of nitrogens with one attached hydrogen (secondary N) is 1. The van der Waals surface area contributed by atoms with E-state index in [1.54, 1.807) is 6.08 Å². The normalized spacial score (nSPS) is 17.6. The number of alkyl halides is 3. The van der Waals surface area contributed by atoms with E-state index >= 15 is 0 Å². The molecule has 0 saturated carbocycles. The van der Waals surface area contributed by atoms with Gasteiger partial charge >= 0.3 is 6.18 Å². The molecule has 0 atom stereocenters. The van der Waals surface area contributed by atoms with Gasteiger partial charge in [-0.05, 0) is 53.6 Å². The third-order valence-electron chi connectivity index (χ3n) is 3.83. The quantitative estimate of drug-likeness (QED) is 0.648. The van der Waals surface area contributed by atoms with Crippen molar-refractivity contribution < 1.29 is 18.0 Å². The van der Waals surface area contributed by atoms with Gasteiger partial charge in [0.1, 0.15) is 0 Å². The fraction of sp³-hybridized carbons (Fsp3) is 0.158. The summed E-state index contributed by atoms with van der Waals surface area (Å²) in [6.07, 6.45) is -1.88. The zero-order valence-electron chi connectivity index (χ0n) is 14.1. The van der Waals surface area contributed by atoms with E-state index < -0.39 is 11.7 Å². The lowest BCUT2D eigenvalue weighted by molar-refractivity contribution is -0.137. The number of rotatable bonds is 3. The molecule has 27 heavy (non-hydrogen) atoms. The number of thioether (sulfide) groups is 1. The topological polar surface area (TPSA) is 41.5 Å². The first-order valence-electron chi connectivity index (χ1n) is 8.01.